The number of halogens is 1. The summed E-state index contributed by atoms with van der Waals surface area (Å²) < 4.78 is 6.03. The number of aliphatic hydroxyl groups excluding tert-OH is 1. The summed E-state index contributed by atoms with van der Waals surface area (Å²) in [4.78, 5) is 35.7. The van der Waals surface area contributed by atoms with Crippen LogP contribution in [0.3, 0.4) is 0 Å². The highest BCUT2D eigenvalue weighted by Crippen LogP contribution is 2.44. The third kappa shape index (κ3) is 5.52. The van der Waals surface area contributed by atoms with E-state index in [1.54, 1.807) is 12.1 Å². The Morgan fingerprint density at radius 1 is 0.971 bits per heavy atom. The summed E-state index contributed by atoms with van der Waals surface area (Å²) in [5.41, 5.74) is 5.09. The molecule has 2 amide bonds. The molecule has 0 radical (unpaired) electrons. The number of fused-ring (bicyclic) bond motifs is 3. The van der Waals surface area contributed by atoms with E-state index in [4.69, 9.17) is 9.84 Å². The van der Waals surface area contributed by atoms with Gasteiger partial charge < -0.3 is 20.3 Å². The average Bonchev–Trinajstić information content (AvgIpc) is 3.17. The zero-order valence-electron chi connectivity index (χ0n) is 18.5. The van der Waals surface area contributed by atoms with Crippen molar-refractivity contribution in [1.29, 1.82) is 0 Å². The van der Waals surface area contributed by atoms with Gasteiger partial charge in [-0.2, -0.15) is 0 Å². The largest absolute Gasteiger partial charge is 0.479 e. The highest BCUT2D eigenvalue weighted by atomic mass is 79.9. The van der Waals surface area contributed by atoms with Gasteiger partial charge in [0.1, 0.15) is 6.61 Å². The van der Waals surface area contributed by atoms with Crippen molar-refractivity contribution in [3.63, 3.8) is 0 Å². The summed E-state index contributed by atoms with van der Waals surface area (Å²) >= 11 is 3.30. The van der Waals surface area contributed by atoms with Gasteiger partial charge in [-0.25, -0.2) is 9.59 Å². The van der Waals surface area contributed by atoms with Crippen LogP contribution in [0, 0.1) is 0 Å². The van der Waals surface area contributed by atoms with Gasteiger partial charge in [0.05, 0.1) is 5.56 Å². The van der Waals surface area contributed by atoms with E-state index >= 15 is 0 Å². The number of hydrogen-bond donors (Lipinski definition) is 4. The van der Waals surface area contributed by atoms with Gasteiger partial charge in [-0.05, 0) is 56.4 Å². The summed E-state index contributed by atoms with van der Waals surface area (Å²) in [6, 6.07) is 20.8. The number of amides is 2. The molecule has 0 saturated heterocycles. The number of carbonyl (C=O) groups is 3. The van der Waals surface area contributed by atoms with Crippen LogP contribution < -0.4 is 10.6 Å². The molecule has 0 fully saturated rings. The smallest absolute Gasteiger partial charge is 0.411 e. The van der Waals surface area contributed by atoms with E-state index in [9.17, 15) is 19.5 Å². The van der Waals surface area contributed by atoms with Gasteiger partial charge in [0.25, 0.3) is 5.91 Å². The molecule has 180 valence electrons. The van der Waals surface area contributed by atoms with Crippen molar-refractivity contribution < 1.29 is 29.3 Å². The van der Waals surface area contributed by atoms with Crippen LogP contribution in [0.15, 0.2) is 71.2 Å². The van der Waals surface area contributed by atoms with Crippen molar-refractivity contribution >= 4 is 39.6 Å². The Morgan fingerprint density at radius 2 is 1.60 bits per heavy atom. The molecule has 4 rings (SSSR count). The third-order valence-corrected chi connectivity index (χ3v) is 6.48. The summed E-state index contributed by atoms with van der Waals surface area (Å²) in [6.45, 7) is 0.137. The molecule has 0 saturated carbocycles. The van der Waals surface area contributed by atoms with Gasteiger partial charge in [-0.1, -0.05) is 48.5 Å². The molecule has 3 aromatic carbocycles. The molecule has 0 aromatic heterocycles. The predicted octanol–water partition coefficient (Wildman–Crippen LogP) is 4.38. The molecule has 4 N–H and O–H groups in total. The second kappa shape index (κ2) is 10.7. The van der Waals surface area contributed by atoms with Gasteiger partial charge in [0, 0.05) is 29.0 Å². The number of aliphatic hydroxyl groups is 1. The Kier molecular flexibility index (Phi) is 7.48. The van der Waals surface area contributed by atoms with Crippen molar-refractivity contribution in [3.8, 4) is 11.1 Å². The second-order valence-corrected chi connectivity index (χ2v) is 8.90. The van der Waals surface area contributed by atoms with E-state index in [2.05, 4.69) is 38.7 Å². The van der Waals surface area contributed by atoms with E-state index < -0.39 is 24.1 Å². The Hall–Kier alpha value is -3.69. The minimum absolute atomic E-state index is 0.0250. The molecule has 8 nitrogen and oxygen atoms in total. The number of ether oxygens (including phenoxy) is 1. The Labute approximate surface area is 210 Å². The molecule has 0 bridgehead atoms. The maximum absolute atomic E-state index is 12.5. The molecule has 0 heterocycles. The van der Waals surface area contributed by atoms with Crippen LogP contribution in [0.5, 0.6) is 0 Å². The second-order valence-electron chi connectivity index (χ2n) is 8.04. The lowest BCUT2D eigenvalue weighted by Crippen LogP contribution is -2.30. The predicted molar refractivity (Wildman–Crippen MR) is 133 cm³/mol. The first-order valence-corrected chi connectivity index (χ1v) is 11.7. The average molecular weight is 539 g/mol. The molecule has 1 atom stereocenters. The molecule has 35 heavy (non-hydrogen) atoms. The van der Waals surface area contributed by atoms with Crippen molar-refractivity contribution in [3.05, 3.63) is 87.9 Å². The summed E-state index contributed by atoms with van der Waals surface area (Å²) in [6.07, 6.45) is -2.33. The summed E-state index contributed by atoms with van der Waals surface area (Å²) in [7, 11) is 0. The van der Waals surface area contributed by atoms with E-state index in [-0.39, 0.29) is 31.1 Å². The first-order chi connectivity index (χ1) is 16.8. The van der Waals surface area contributed by atoms with Gasteiger partial charge in [-0.3, -0.25) is 10.1 Å². The van der Waals surface area contributed by atoms with E-state index in [1.807, 2.05) is 36.4 Å². The van der Waals surface area contributed by atoms with Crippen LogP contribution in [0.25, 0.3) is 11.1 Å². The maximum atomic E-state index is 12.5. The monoisotopic (exact) mass is 538 g/mol. The zero-order chi connectivity index (χ0) is 24.9. The fraction of sp³-hybridized carbons (Fsp3) is 0.192. The van der Waals surface area contributed by atoms with Crippen LogP contribution in [0.1, 0.15) is 33.8 Å². The Bertz CT molecular complexity index is 1230. The fourth-order valence-corrected chi connectivity index (χ4v) is 4.50. The molecule has 3 aromatic rings. The molecule has 0 aliphatic heterocycles. The topological polar surface area (TPSA) is 125 Å². The molecular formula is C26H23BrN2O6. The number of aliphatic carboxylic acids is 1. The standard InChI is InChI=1S/C26H23BrN2O6/c27-22-10-9-15(13-20(22)24(31)28-12-11-23(30)25(32)33)29-26(34)35-14-21-18-7-3-1-5-16(18)17-6-2-4-8-19(17)21/h1-10,13,21,23,30H,11-12,14H2,(H,28,31)(H,29,34)(H,32,33). The van der Waals surface area contributed by atoms with E-state index in [0.717, 1.165) is 22.3 Å². The van der Waals surface area contributed by atoms with Crippen LogP contribution in [0.4, 0.5) is 10.5 Å². The molecular weight excluding hydrogens is 516 g/mol. The number of hydrogen-bond acceptors (Lipinski definition) is 5. The van der Waals surface area contributed by atoms with Crippen molar-refractivity contribution in [2.45, 2.75) is 18.4 Å². The summed E-state index contributed by atoms with van der Waals surface area (Å²) in [5.74, 6) is -1.90. The lowest BCUT2D eigenvalue weighted by atomic mass is 9.98. The number of benzene rings is 3. The highest BCUT2D eigenvalue weighted by molar-refractivity contribution is 9.10. The van der Waals surface area contributed by atoms with E-state index in [0.29, 0.717) is 10.2 Å². The molecule has 0 spiro atoms. The number of anilines is 1. The fourth-order valence-electron chi connectivity index (χ4n) is 4.07. The first-order valence-electron chi connectivity index (χ1n) is 11.0. The van der Waals surface area contributed by atoms with Crippen LogP contribution in [-0.2, 0) is 9.53 Å². The summed E-state index contributed by atoms with van der Waals surface area (Å²) in [5, 5.41) is 23.2. The zero-order valence-corrected chi connectivity index (χ0v) is 20.1. The Balaban J connectivity index is 1.38. The normalized spacial score (nSPS) is 12.9. The quantitative estimate of drug-likeness (QED) is 0.337. The molecule has 9 heteroatoms. The van der Waals surface area contributed by atoms with Crippen LogP contribution >= 0.6 is 15.9 Å². The lowest BCUT2D eigenvalue weighted by Gasteiger charge is -2.15. The maximum Gasteiger partial charge on any atom is 0.411 e. The van der Waals surface area contributed by atoms with Crippen molar-refractivity contribution in [2.75, 3.05) is 18.5 Å². The van der Waals surface area contributed by atoms with Gasteiger partial charge in [0.2, 0.25) is 0 Å². The molecule has 1 unspecified atom stereocenters. The highest BCUT2D eigenvalue weighted by Gasteiger charge is 2.29. The van der Waals surface area contributed by atoms with E-state index in [1.165, 1.54) is 6.07 Å². The lowest BCUT2D eigenvalue weighted by molar-refractivity contribution is -0.146. The van der Waals surface area contributed by atoms with Gasteiger partial charge >= 0.3 is 12.1 Å². The van der Waals surface area contributed by atoms with Crippen molar-refractivity contribution in [2.24, 2.45) is 0 Å². The minimum atomic E-state index is -1.56. The Morgan fingerprint density at radius 3 is 2.23 bits per heavy atom. The number of carboxylic acid groups (broad SMARTS) is 1. The number of rotatable bonds is 8. The third-order valence-electron chi connectivity index (χ3n) is 5.79. The number of carbonyl (C=O) groups excluding carboxylic acids is 2. The SMILES string of the molecule is O=C(Nc1ccc(Br)c(C(=O)NCCC(O)C(=O)O)c1)OCC1c2ccccc2-c2ccccc21. The van der Waals surface area contributed by atoms with Gasteiger partial charge in [0.15, 0.2) is 6.10 Å². The molecule has 1 aliphatic rings. The van der Waals surface area contributed by atoms with Crippen LogP contribution in [0.2, 0.25) is 0 Å². The minimum Gasteiger partial charge on any atom is -0.479 e. The van der Waals surface area contributed by atoms with Crippen LogP contribution in [-0.4, -0.2) is 47.4 Å². The number of carboxylic acids is 1. The first kappa shape index (κ1) is 24.4. The van der Waals surface area contributed by atoms with Gasteiger partial charge in [-0.15, -0.1) is 0 Å². The molecule has 1 aliphatic carbocycles. The number of nitrogens with one attached hydrogen (secondary N) is 2. The van der Waals surface area contributed by atoms with Crippen molar-refractivity contribution in [1.82, 2.24) is 5.32 Å².